The summed E-state index contributed by atoms with van der Waals surface area (Å²) in [7, 11) is 1.36. The average Bonchev–Trinajstić information content (AvgIpc) is 2.49. The number of amides is 1. The van der Waals surface area contributed by atoms with E-state index in [9.17, 15) is 9.59 Å². The number of esters is 1. The maximum Gasteiger partial charge on any atom is 0.307 e. The van der Waals surface area contributed by atoms with Crippen molar-refractivity contribution in [2.24, 2.45) is 0 Å². The van der Waals surface area contributed by atoms with Crippen LogP contribution in [-0.2, 0) is 20.9 Å². The van der Waals surface area contributed by atoms with E-state index in [2.05, 4.69) is 16.6 Å². The Balaban J connectivity index is 2.63. The number of hydrogen-bond acceptors (Lipinski definition) is 4. The van der Waals surface area contributed by atoms with E-state index in [1.807, 2.05) is 12.1 Å². The lowest BCUT2D eigenvalue weighted by molar-refractivity contribution is -0.142. The molecule has 20 heavy (non-hydrogen) atoms. The number of carbonyl (C=O) groups is 2. The molecule has 1 heterocycles. The van der Waals surface area contributed by atoms with Gasteiger partial charge in [0.2, 0.25) is 5.91 Å². The van der Waals surface area contributed by atoms with Crippen molar-refractivity contribution in [1.82, 2.24) is 9.88 Å². The first kappa shape index (κ1) is 16.1. The van der Waals surface area contributed by atoms with Crippen LogP contribution >= 0.6 is 0 Å². The Hall–Kier alpha value is -1.91. The molecule has 0 saturated heterocycles. The molecule has 0 fully saturated rings. The number of aromatic nitrogens is 1. The molecule has 0 aromatic carbocycles. The first-order valence-electron chi connectivity index (χ1n) is 6.90. The van der Waals surface area contributed by atoms with Gasteiger partial charge >= 0.3 is 5.97 Å². The van der Waals surface area contributed by atoms with Crippen molar-refractivity contribution in [3.05, 3.63) is 30.1 Å². The Morgan fingerprint density at radius 3 is 2.55 bits per heavy atom. The van der Waals surface area contributed by atoms with Gasteiger partial charge in [-0.3, -0.25) is 14.6 Å². The zero-order chi connectivity index (χ0) is 14.8. The SMILES string of the molecule is CCCCC(=O)N(CCC(=O)OC)Cc1ccncc1. The van der Waals surface area contributed by atoms with Gasteiger partial charge in [0.1, 0.15) is 0 Å². The van der Waals surface area contributed by atoms with Gasteiger partial charge in [0.15, 0.2) is 0 Å². The number of carbonyl (C=O) groups excluding carboxylic acids is 2. The van der Waals surface area contributed by atoms with Gasteiger partial charge in [-0.2, -0.15) is 0 Å². The Labute approximate surface area is 119 Å². The third kappa shape index (κ3) is 5.82. The zero-order valence-corrected chi connectivity index (χ0v) is 12.2. The van der Waals surface area contributed by atoms with E-state index in [0.717, 1.165) is 18.4 Å². The molecular formula is C15H22N2O3. The van der Waals surface area contributed by atoms with E-state index in [4.69, 9.17) is 0 Å². The van der Waals surface area contributed by atoms with Crippen LogP contribution < -0.4 is 0 Å². The number of nitrogens with zero attached hydrogens (tertiary/aromatic N) is 2. The molecule has 0 N–H and O–H groups in total. The second kappa shape index (κ2) is 9.07. The molecule has 1 aromatic rings. The van der Waals surface area contributed by atoms with E-state index in [-0.39, 0.29) is 18.3 Å². The predicted molar refractivity (Wildman–Crippen MR) is 75.8 cm³/mol. The number of ether oxygens (including phenoxy) is 1. The lowest BCUT2D eigenvalue weighted by atomic mass is 10.2. The fraction of sp³-hybridized carbons (Fsp3) is 0.533. The summed E-state index contributed by atoms with van der Waals surface area (Å²) in [5.74, 6) is -0.222. The first-order valence-corrected chi connectivity index (χ1v) is 6.90. The topological polar surface area (TPSA) is 59.5 Å². The van der Waals surface area contributed by atoms with Gasteiger partial charge in [0.05, 0.1) is 13.5 Å². The first-order chi connectivity index (χ1) is 9.67. The number of hydrogen-bond donors (Lipinski definition) is 0. The van der Waals surface area contributed by atoms with Crippen LogP contribution in [0.5, 0.6) is 0 Å². The Morgan fingerprint density at radius 2 is 1.95 bits per heavy atom. The second-order valence-corrected chi connectivity index (χ2v) is 4.60. The van der Waals surface area contributed by atoms with E-state index in [1.54, 1.807) is 17.3 Å². The molecule has 0 saturated carbocycles. The molecule has 5 heteroatoms. The molecule has 1 rings (SSSR count). The highest BCUT2D eigenvalue weighted by molar-refractivity contribution is 5.77. The van der Waals surface area contributed by atoms with Crippen LogP contribution in [0.25, 0.3) is 0 Å². The number of methoxy groups -OCH3 is 1. The van der Waals surface area contributed by atoms with Crippen LogP contribution in [0.3, 0.4) is 0 Å². The van der Waals surface area contributed by atoms with Gasteiger partial charge in [-0.25, -0.2) is 0 Å². The lowest BCUT2D eigenvalue weighted by Crippen LogP contribution is -2.32. The van der Waals surface area contributed by atoms with Crippen molar-refractivity contribution in [3.8, 4) is 0 Å². The van der Waals surface area contributed by atoms with Gasteiger partial charge in [-0.1, -0.05) is 13.3 Å². The van der Waals surface area contributed by atoms with E-state index in [1.165, 1.54) is 7.11 Å². The normalized spacial score (nSPS) is 10.1. The van der Waals surface area contributed by atoms with E-state index in [0.29, 0.717) is 19.5 Å². The number of rotatable bonds is 8. The maximum atomic E-state index is 12.2. The van der Waals surface area contributed by atoms with E-state index < -0.39 is 0 Å². The average molecular weight is 278 g/mol. The summed E-state index contributed by atoms with van der Waals surface area (Å²) in [5.41, 5.74) is 1.01. The van der Waals surface area contributed by atoms with Gasteiger partial charge in [0.25, 0.3) is 0 Å². The van der Waals surface area contributed by atoms with E-state index >= 15 is 0 Å². The third-order valence-corrected chi connectivity index (χ3v) is 3.03. The molecule has 1 aromatic heterocycles. The van der Waals surface area contributed by atoms with Crippen LogP contribution in [0.2, 0.25) is 0 Å². The maximum absolute atomic E-state index is 12.2. The standard InChI is InChI=1S/C15H22N2O3/c1-3-4-5-14(18)17(11-8-15(19)20-2)12-13-6-9-16-10-7-13/h6-7,9-10H,3-5,8,11-12H2,1-2H3. The van der Waals surface area contributed by atoms with Crippen molar-refractivity contribution >= 4 is 11.9 Å². The molecule has 110 valence electrons. The van der Waals surface area contributed by atoms with Gasteiger partial charge in [-0.05, 0) is 24.1 Å². The van der Waals surface area contributed by atoms with Gasteiger partial charge in [0, 0.05) is 31.9 Å². The van der Waals surface area contributed by atoms with Crippen molar-refractivity contribution < 1.29 is 14.3 Å². The quantitative estimate of drug-likeness (QED) is 0.684. The second-order valence-electron chi connectivity index (χ2n) is 4.60. The monoisotopic (exact) mass is 278 g/mol. The molecule has 0 bridgehead atoms. The Bertz CT molecular complexity index is 420. The summed E-state index contributed by atoms with van der Waals surface area (Å²) in [6, 6.07) is 3.75. The van der Waals surface area contributed by atoms with Crippen molar-refractivity contribution in [2.75, 3.05) is 13.7 Å². The van der Waals surface area contributed by atoms with Crippen molar-refractivity contribution in [1.29, 1.82) is 0 Å². The number of unbranched alkanes of at least 4 members (excludes halogenated alkanes) is 1. The summed E-state index contributed by atoms with van der Waals surface area (Å²) in [6.45, 7) is 2.94. The van der Waals surface area contributed by atoms with Crippen LogP contribution in [0.4, 0.5) is 0 Å². The van der Waals surface area contributed by atoms with Crippen molar-refractivity contribution in [2.45, 2.75) is 39.2 Å². The summed E-state index contributed by atoms with van der Waals surface area (Å²) in [6.07, 6.45) is 5.98. The predicted octanol–water partition coefficient (Wildman–Crippen LogP) is 2.16. The van der Waals surface area contributed by atoms with Crippen molar-refractivity contribution in [3.63, 3.8) is 0 Å². The molecule has 0 aliphatic carbocycles. The highest BCUT2D eigenvalue weighted by Crippen LogP contribution is 2.08. The molecule has 1 amide bonds. The fourth-order valence-electron chi connectivity index (χ4n) is 1.81. The molecule has 0 aliphatic heterocycles. The van der Waals surface area contributed by atoms with Crippen LogP contribution in [-0.4, -0.2) is 35.4 Å². The minimum Gasteiger partial charge on any atom is -0.469 e. The molecule has 0 aliphatic rings. The largest absolute Gasteiger partial charge is 0.469 e. The molecule has 0 radical (unpaired) electrons. The minimum atomic E-state index is -0.298. The minimum absolute atomic E-state index is 0.0764. The highest BCUT2D eigenvalue weighted by Gasteiger charge is 2.15. The van der Waals surface area contributed by atoms with Crippen LogP contribution in [0, 0.1) is 0 Å². The lowest BCUT2D eigenvalue weighted by Gasteiger charge is -2.22. The highest BCUT2D eigenvalue weighted by atomic mass is 16.5. The number of pyridine rings is 1. The summed E-state index contributed by atoms with van der Waals surface area (Å²) in [4.78, 5) is 29.1. The summed E-state index contributed by atoms with van der Waals surface area (Å²) in [5, 5.41) is 0. The van der Waals surface area contributed by atoms with Crippen LogP contribution in [0.1, 0.15) is 38.2 Å². The summed E-state index contributed by atoms with van der Waals surface area (Å²) >= 11 is 0. The molecular weight excluding hydrogens is 256 g/mol. The van der Waals surface area contributed by atoms with Gasteiger partial charge in [-0.15, -0.1) is 0 Å². The Kier molecular flexibility index (Phi) is 7.32. The zero-order valence-electron chi connectivity index (χ0n) is 12.2. The Morgan fingerprint density at radius 1 is 1.25 bits per heavy atom. The molecule has 5 nitrogen and oxygen atoms in total. The third-order valence-electron chi connectivity index (χ3n) is 3.03. The smallest absolute Gasteiger partial charge is 0.307 e. The summed E-state index contributed by atoms with van der Waals surface area (Å²) < 4.78 is 4.62. The molecule has 0 unspecified atom stereocenters. The van der Waals surface area contributed by atoms with Gasteiger partial charge < -0.3 is 9.64 Å². The fourth-order valence-corrected chi connectivity index (χ4v) is 1.81. The molecule has 0 atom stereocenters. The molecule has 0 spiro atoms. The van der Waals surface area contributed by atoms with Crippen LogP contribution in [0.15, 0.2) is 24.5 Å².